The molecule has 1 aliphatic carbocycles. The van der Waals surface area contributed by atoms with Crippen LogP contribution >= 0.6 is 0 Å². The van der Waals surface area contributed by atoms with Crippen molar-refractivity contribution in [3.05, 3.63) is 35.9 Å². The first-order valence-electron chi connectivity index (χ1n) is 4.79. The number of rotatable bonds is 3. The van der Waals surface area contributed by atoms with Gasteiger partial charge in [-0.2, -0.15) is 0 Å². The molecule has 0 bridgehead atoms. The molecule has 16 heavy (non-hydrogen) atoms. The van der Waals surface area contributed by atoms with Gasteiger partial charge in [-0.3, -0.25) is 9.59 Å². The van der Waals surface area contributed by atoms with Gasteiger partial charge in [-0.05, 0) is 5.56 Å². The highest BCUT2D eigenvalue weighted by atomic mass is 19.1. The van der Waals surface area contributed by atoms with Crippen LogP contribution in [0.3, 0.4) is 0 Å². The number of hydrogen-bond acceptors (Lipinski definition) is 2. The van der Waals surface area contributed by atoms with Crippen LogP contribution in [0.4, 0.5) is 4.39 Å². The highest BCUT2D eigenvalue weighted by Gasteiger charge is 2.77. The van der Waals surface area contributed by atoms with Crippen LogP contribution in [-0.2, 0) is 15.3 Å². The Balaban J connectivity index is 2.46. The monoisotopic (exact) mass is 222 g/mol. The molecule has 0 saturated heterocycles. The van der Waals surface area contributed by atoms with Crippen LogP contribution < -0.4 is 11.5 Å². The quantitative estimate of drug-likeness (QED) is 0.716. The summed E-state index contributed by atoms with van der Waals surface area (Å²) < 4.78 is 14.5. The first-order valence-corrected chi connectivity index (χ1v) is 4.79. The standard InChI is InChI=1S/C11H11FN2O2/c12-11(7-4-2-1-3-5-7)6-10(11,8(13)15)9(14)16/h1-5H,6H2,(H2,13,15)(H2,14,16). The molecule has 84 valence electrons. The third-order valence-corrected chi connectivity index (χ3v) is 3.13. The molecule has 5 heteroatoms. The Morgan fingerprint density at radius 3 is 2.00 bits per heavy atom. The Bertz CT molecular complexity index is 446. The number of halogens is 1. The number of hydrogen-bond donors (Lipinski definition) is 2. The lowest BCUT2D eigenvalue weighted by Gasteiger charge is -2.13. The lowest BCUT2D eigenvalue weighted by molar-refractivity contribution is -0.135. The van der Waals surface area contributed by atoms with Crippen molar-refractivity contribution in [1.82, 2.24) is 0 Å². The Morgan fingerprint density at radius 1 is 1.12 bits per heavy atom. The van der Waals surface area contributed by atoms with Crippen molar-refractivity contribution in [1.29, 1.82) is 0 Å². The normalized spacial score (nSPS) is 26.1. The van der Waals surface area contributed by atoms with E-state index in [1.807, 2.05) is 0 Å². The lowest BCUT2D eigenvalue weighted by atomic mass is 9.95. The molecule has 0 heterocycles. The molecule has 1 aromatic rings. The number of carbonyl (C=O) groups is 2. The average Bonchev–Trinajstić information content (AvgIpc) is 2.90. The molecule has 0 aromatic heterocycles. The van der Waals surface area contributed by atoms with E-state index in [1.165, 1.54) is 12.1 Å². The van der Waals surface area contributed by atoms with Gasteiger partial charge in [0.05, 0.1) is 0 Å². The molecule has 4 N–H and O–H groups in total. The van der Waals surface area contributed by atoms with Gasteiger partial charge in [-0.25, -0.2) is 4.39 Å². The summed E-state index contributed by atoms with van der Waals surface area (Å²) in [4.78, 5) is 22.4. The largest absolute Gasteiger partial charge is 0.369 e. The number of primary amides is 2. The zero-order valence-corrected chi connectivity index (χ0v) is 8.44. The van der Waals surface area contributed by atoms with Gasteiger partial charge < -0.3 is 11.5 Å². The van der Waals surface area contributed by atoms with Gasteiger partial charge in [0.2, 0.25) is 11.8 Å². The predicted molar refractivity (Wildman–Crippen MR) is 54.7 cm³/mol. The maximum atomic E-state index is 14.5. The maximum Gasteiger partial charge on any atom is 0.236 e. The third-order valence-electron chi connectivity index (χ3n) is 3.13. The van der Waals surface area contributed by atoms with E-state index in [4.69, 9.17) is 11.5 Å². The lowest BCUT2D eigenvalue weighted by Crippen LogP contribution is -2.41. The van der Waals surface area contributed by atoms with Crippen LogP contribution in [0.15, 0.2) is 30.3 Å². The Hall–Kier alpha value is -1.91. The van der Waals surface area contributed by atoms with E-state index in [0.29, 0.717) is 0 Å². The minimum absolute atomic E-state index is 0.257. The second-order valence-electron chi connectivity index (χ2n) is 3.98. The highest BCUT2D eigenvalue weighted by Crippen LogP contribution is 2.65. The van der Waals surface area contributed by atoms with E-state index < -0.39 is 22.9 Å². The Morgan fingerprint density at radius 2 is 1.62 bits per heavy atom. The fraction of sp³-hybridized carbons (Fsp3) is 0.273. The molecule has 0 spiro atoms. The van der Waals surface area contributed by atoms with Gasteiger partial charge in [-0.1, -0.05) is 30.3 Å². The average molecular weight is 222 g/mol. The van der Waals surface area contributed by atoms with Gasteiger partial charge in [0.25, 0.3) is 0 Å². The second kappa shape index (κ2) is 3.04. The molecule has 1 unspecified atom stereocenters. The van der Waals surface area contributed by atoms with Crippen LogP contribution in [0, 0.1) is 5.41 Å². The molecule has 2 amide bonds. The molecule has 0 radical (unpaired) electrons. The van der Waals surface area contributed by atoms with Gasteiger partial charge in [0.15, 0.2) is 11.1 Å². The number of carbonyl (C=O) groups excluding carboxylic acids is 2. The molecule has 1 aliphatic rings. The molecule has 1 fully saturated rings. The molecular weight excluding hydrogens is 211 g/mol. The molecule has 1 saturated carbocycles. The fourth-order valence-electron chi connectivity index (χ4n) is 2.06. The number of alkyl halides is 1. The summed E-state index contributed by atoms with van der Waals surface area (Å²) in [6, 6.07) is 7.98. The molecule has 2 rings (SSSR count). The number of benzene rings is 1. The molecule has 1 atom stereocenters. The van der Waals surface area contributed by atoms with Crippen molar-refractivity contribution in [2.75, 3.05) is 0 Å². The van der Waals surface area contributed by atoms with E-state index in [2.05, 4.69) is 0 Å². The van der Waals surface area contributed by atoms with Crippen LogP contribution in [-0.4, -0.2) is 11.8 Å². The van der Waals surface area contributed by atoms with Crippen LogP contribution in [0.5, 0.6) is 0 Å². The minimum atomic E-state index is -2.05. The second-order valence-corrected chi connectivity index (χ2v) is 3.98. The summed E-state index contributed by atoms with van der Waals surface area (Å²) >= 11 is 0. The molecule has 0 aliphatic heterocycles. The topological polar surface area (TPSA) is 86.2 Å². The number of nitrogens with two attached hydrogens (primary N) is 2. The van der Waals surface area contributed by atoms with Gasteiger partial charge in [0.1, 0.15) is 0 Å². The van der Waals surface area contributed by atoms with E-state index in [1.54, 1.807) is 18.2 Å². The van der Waals surface area contributed by atoms with Gasteiger partial charge in [-0.15, -0.1) is 0 Å². The fourth-order valence-corrected chi connectivity index (χ4v) is 2.06. The van der Waals surface area contributed by atoms with Crippen LogP contribution in [0.25, 0.3) is 0 Å². The van der Waals surface area contributed by atoms with Crippen LogP contribution in [0.1, 0.15) is 12.0 Å². The van der Waals surface area contributed by atoms with E-state index >= 15 is 0 Å². The van der Waals surface area contributed by atoms with Crippen molar-refractivity contribution in [2.24, 2.45) is 16.9 Å². The summed E-state index contributed by atoms with van der Waals surface area (Å²) in [5, 5.41) is 0. The Kier molecular flexibility index (Phi) is 2.01. The minimum Gasteiger partial charge on any atom is -0.369 e. The van der Waals surface area contributed by atoms with E-state index in [-0.39, 0.29) is 12.0 Å². The third kappa shape index (κ3) is 1.08. The van der Waals surface area contributed by atoms with Gasteiger partial charge >= 0.3 is 0 Å². The summed E-state index contributed by atoms with van der Waals surface area (Å²) in [5.41, 5.74) is 6.46. The summed E-state index contributed by atoms with van der Waals surface area (Å²) in [5.74, 6) is -2.02. The summed E-state index contributed by atoms with van der Waals surface area (Å²) in [6.45, 7) is 0. The van der Waals surface area contributed by atoms with Crippen molar-refractivity contribution in [3.63, 3.8) is 0 Å². The van der Waals surface area contributed by atoms with Crippen molar-refractivity contribution >= 4 is 11.8 Å². The van der Waals surface area contributed by atoms with E-state index in [0.717, 1.165) is 0 Å². The summed E-state index contributed by atoms with van der Waals surface area (Å²) in [7, 11) is 0. The van der Waals surface area contributed by atoms with Crippen molar-refractivity contribution in [3.8, 4) is 0 Å². The van der Waals surface area contributed by atoms with E-state index in [9.17, 15) is 14.0 Å². The zero-order chi connectivity index (χ0) is 12.0. The molecule has 4 nitrogen and oxygen atoms in total. The first kappa shape index (κ1) is 10.6. The predicted octanol–water partition coefficient (Wildman–Crippen LogP) is 0.212. The summed E-state index contributed by atoms with van der Waals surface area (Å²) in [6.07, 6.45) is -0.269. The Labute approximate surface area is 91.4 Å². The van der Waals surface area contributed by atoms with Crippen LogP contribution in [0.2, 0.25) is 0 Å². The molecule has 1 aromatic carbocycles. The zero-order valence-electron chi connectivity index (χ0n) is 8.44. The first-order chi connectivity index (χ1) is 7.45. The van der Waals surface area contributed by atoms with Crippen molar-refractivity contribution < 1.29 is 14.0 Å². The highest BCUT2D eigenvalue weighted by molar-refractivity contribution is 6.09. The van der Waals surface area contributed by atoms with Gasteiger partial charge in [0, 0.05) is 6.42 Å². The smallest absolute Gasteiger partial charge is 0.236 e. The maximum absolute atomic E-state index is 14.5. The molecular formula is C11H11FN2O2. The van der Waals surface area contributed by atoms with Crippen molar-refractivity contribution in [2.45, 2.75) is 12.1 Å². The number of amides is 2. The SMILES string of the molecule is NC(=O)C1(C(N)=O)CC1(F)c1ccccc1.